The zero-order chi connectivity index (χ0) is 62.6. The van der Waals surface area contributed by atoms with E-state index in [-0.39, 0.29) is 95.5 Å². The van der Waals surface area contributed by atoms with E-state index in [1.54, 1.807) is 75.4 Å². The molecule has 0 saturated carbocycles. The summed E-state index contributed by atoms with van der Waals surface area (Å²) in [6.07, 6.45) is 7.55. The maximum absolute atomic E-state index is 11.5. The summed E-state index contributed by atoms with van der Waals surface area (Å²) in [7, 11) is 1.64. The van der Waals surface area contributed by atoms with Crippen molar-refractivity contribution in [3.8, 4) is 0 Å². The highest BCUT2D eigenvalue weighted by atomic mass is 16.5. The molecule has 4 rings (SSSR count). The number of rotatable bonds is 20. The van der Waals surface area contributed by atoms with Gasteiger partial charge in [0, 0.05) is 105 Å². The summed E-state index contributed by atoms with van der Waals surface area (Å²) in [5.74, 6) is -0.00494. The molecule has 3 aromatic rings. The number of ketones is 1. The second-order valence-electron chi connectivity index (χ2n) is 20.5. The average molecular weight is 1140 g/mol. The minimum absolute atomic E-state index is 0.00886. The zero-order valence-electron chi connectivity index (χ0n) is 52.0. The van der Waals surface area contributed by atoms with Crippen LogP contribution in [0.5, 0.6) is 0 Å². The Hall–Kier alpha value is -7.07. The SMILES string of the molecule is CC(C)C(N)=O.CC(C)NC(=O)CN1CCOCC1.CC(C)NC(=O)Cn1ccnc1.CCC(=O)c1ccc(CC(=O)NC(C)C)cc1.CCNC(=O)C(C)C.CCOC(=O)c1ccc(CC(=O)NC(C)C)nc1.CNC(=O)C(C)C. The molecular formula is C59H101N11O11. The number of nitrogens with one attached hydrogen (secondary N) is 6. The molecule has 3 heterocycles. The number of nitrogens with zero attached hydrogens (tertiary/aromatic N) is 4. The van der Waals surface area contributed by atoms with Gasteiger partial charge in [0.05, 0.1) is 51.1 Å². The Morgan fingerprint density at radius 3 is 1.44 bits per heavy atom. The molecule has 0 atom stereocenters. The first-order valence-electron chi connectivity index (χ1n) is 27.9. The molecular weight excluding hydrogens is 1040 g/mol. The highest BCUT2D eigenvalue weighted by Crippen LogP contribution is 2.08. The lowest BCUT2D eigenvalue weighted by molar-refractivity contribution is -0.124. The van der Waals surface area contributed by atoms with Crippen LogP contribution in [-0.2, 0) is 62.4 Å². The van der Waals surface area contributed by atoms with Gasteiger partial charge in [0.1, 0.15) is 6.54 Å². The van der Waals surface area contributed by atoms with Crippen molar-refractivity contribution in [2.45, 2.75) is 168 Å². The number of pyridine rings is 1. The second kappa shape index (κ2) is 46.7. The first-order chi connectivity index (χ1) is 37.9. The topological polar surface area (TPSA) is 304 Å². The van der Waals surface area contributed by atoms with Crippen LogP contribution in [0.1, 0.15) is 156 Å². The van der Waals surface area contributed by atoms with Gasteiger partial charge < -0.3 is 51.7 Å². The van der Waals surface area contributed by atoms with Crippen molar-refractivity contribution in [2.24, 2.45) is 23.5 Å². The predicted octanol–water partition coefficient (Wildman–Crippen LogP) is 5.22. The van der Waals surface area contributed by atoms with E-state index in [0.717, 1.165) is 38.4 Å². The Kier molecular flexibility index (Phi) is 45.0. The third-order valence-electron chi connectivity index (χ3n) is 10.0. The molecule has 1 fully saturated rings. The second-order valence-corrected chi connectivity index (χ2v) is 20.5. The number of imidazole rings is 1. The van der Waals surface area contributed by atoms with E-state index < -0.39 is 5.97 Å². The first kappa shape index (κ1) is 78.2. The van der Waals surface area contributed by atoms with Crippen LogP contribution in [0.4, 0.5) is 0 Å². The number of amides is 7. The van der Waals surface area contributed by atoms with Gasteiger partial charge in [0.15, 0.2) is 5.78 Å². The molecule has 2 aromatic heterocycles. The average Bonchev–Trinajstić information content (AvgIpc) is 3.89. The van der Waals surface area contributed by atoms with E-state index in [1.807, 2.05) is 109 Å². The molecule has 8 N–H and O–H groups in total. The Labute approximate surface area is 483 Å². The molecule has 22 heteroatoms. The number of esters is 1. The van der Waals surface area contributed by atoms with Crippen molar-refractivity contribution in [2.75, 3.05) is 53.0 Å². The molecule has 22 nitrogen and oxygen atoms in total. The Morgan fingerprint density at radius 2 is 1.09 bits per heavy atom. The molecule has 1 aliphatic heterocycles. The van der Waals surface area contributed by atoms with Crippen LogP contribution in [0.3, 0.4) is 0 Å². The lowest BCUT2D eigenvalue weighted by Crippen LogP contribution is -2.44. The van der Waals surface area contributed by atoms with Crippen LogP contribution in [0.2, 0.25) is 0 Å². The van der Waals surface area contributed by atoms with Crippen LogP contribution in [0.15, 0.2) is 61.3 Å². The van der Waals surface area contributed by atoms with Crippen molar-refractivity contribution in [3.63, 3.8) is 0 Å². The summed E-state index contributed by atoms with van der Waals surface area (Å²) in [5.41, 5.74) is 7.45. The van der Waals surface area contributed by atoms with E-state index in [0.29, 0.717) is 49.4 Å². The van der Waals surface area contributed by atoms with Crippen molar-refractivity contribution in [1.82, 2.24) is 51.3 Å². The highest BCUT2D eigenvalue weighted by Gasteiger charge is 2.15. The molecule has 0 spiro atoms. The number of nitrogens with two attached hydrogens (primary N) is 1. The summed E-state index contributed by atoms with van der Waals surface area (Å²) < 4.78 is 11.8. The fourth-order valence-corrected chi connectivity index (χ4v) is 5.88. The molecule has 1 saturated heterocycles. The maximum Gasteiger partial charge on any atom is 0.339 e. The van der Waals surface area contributed by atoms with Gasteiger partial charge in [0.25, 0.3) is 0 Å². The number of Topliss-reactive ketones (excluding diaryl/α,β-unsaturated/α-hetero) is 1. The predicted molar refractivity (Wildman–Crippen MR) is 318 cm³/mol. The van der Waals surface area contributed by atoms with Gasteiger partial charge in [-0.05, 0) is 86.9 Å². The number of benzene rings is 1. The minimum Gasteiger partial charge on any atom is -0.462 e. The normalized spacial score (nSPS) is 11.4. The molecule has 0 aliphatic carbocycles. The Morgan fingerprint density at radius 1 is 0.617 bits per heavy atom. The maximum atomic E-state index is 11.5. The highest BCUT2D eigenvalue weighted by molar-refractivity contribution is 5.96. The van der Waals surface area contributed by atoms with Gasteiger partial charge in [-0.2, -0.15) is 0 Å². The minimum atomic E-state index is -0.400. The zero-order valence-corrected chi connectivity index (χ0v) is 52.0. The summed E-state index contributed by atoms with van der Waals surface area (Å²) in [5, 5.41) is 16.5. The van der Waals surface area contributed by atoms with Crippen molar-refractivity contribution in [1.29, 1.82) is 0 Å². The molecule has 458 valence electrons. The molecule has 0 bridgehead atoms. The van der Waals surface area contributed by atoms with Gasteiger partial charge in [0.2, 0.25) is 41.4 Å². The van der Waals surface area contributed by atoms with E-state index in [9.17, 15) is 43.2 Å². The fraction of sp³-hybridized carbons (Fsp3) is 0.610. The van der Waals surface area contributed by atoms with Crippen molar-refractivity contribution < 1.29 is 52.6 Å². The number of morpholine rings is 1. The van der Waals surface area contributed by atoms with E-state index in [4.69, 9.17) is 15.2 Å². The summed E-state index contributed by atoms with van der Waals surface area (Å²) in [4.78, 5) is 109. The lowest BCUT2D eigenvalue weighted by atomic mass is 10.0. The quantitative estimate of drug-likeness (QED) is 0.0564. The van der Waals surface area contributed by atoms with Crippen LogP contribution in [0.25, 0.3) is 0 Å². The van der Waals surface area contributed by atoms with E-state index >= 15 is 0 Å². The van der Waals surface area contributed by atoms with Crippen molar-refractivity contribution in [3.05, 3.63) is 83.7 Å². The standard InChI is InChI=1S/C14H19NO2.C13H18N2O3.C9H18N2O2.C8H13N3O.C6H13NO.C5H11NO.C4H9NO/c1-4-13(16)12-7-5-11(6-8-12)9-14(17)15-10(2)3;1-4-18-13(17)10-5-6-11(14-8-10)7-12(16)15-9(2)3;1-8(2)10-9(12)7-11-3-5-13-6-4-11;1-7(2)10-8(12)5-11-4-3-9-6-11;1-4-7-6(8)5(2)3;1-4(2)5(7)6-3;1-3(2)4(5)6/h5-8,10H,4,9H2,1-3H3,(H,15,17);5-6,8-9H,4,7H2,1-3H3,(H,15,16);8H,3-7H2,1-2H3,(H,10,12);3-4,6-7H,5H2,1-2H3,(H,10,12);5H,4H2,1-3H3,(H,7,8);4H,1-3H3,(H,6,7);3H,1-2H3,(H2,5,6). The molecule has 0 unspecified atom stereocenters. The number of ether oxygens (including phenoxy) is 2. The molecule has 81 heavy (non-hydrogen) atoms. The third kappa shape index (κ3) is 45.4. The van der Waals surface area contributed by atoms with Gasteiger partial charge in [-0.1, -0.05) is 72.7 Å². The summed E-state index contributed by atoms with van der Waals surface area (Å²) in [6.45, 7) is 37.1. The Balaban J connectivity index is -0.000000905. The molecule has 0 radical (unpaired) electrons. The van der Waals surface area contributed by atoms with Crippen LogP contribution >= 0.6 is 0 Å². The number of primary amides is 1. The van der Waals surface area contributed by atoms with E-state index in [2.05, 4.69) is 46.8 Å². The molecule has 1 aromatic carbocycles. The van der Waals surface area contributed by atoms with Gasteiger partial charge >= 0.3 is 5.97 Å². The summed E-state index contributed by atoms with van der Waals surface area (Å²) >= 11 is 0. The smallest absolute Gasteiger partial charge is 0.339 e. The third-order valence-corrected chi connectivity index (χ3v) is 10.0. The number of hydrogen-bond acceptors (Lipinski definition) is 14. The number of aromatic nitrogens is 3. The number of hydrogen-bond donors (Lipinski definition) is 7. The lowest BCUT2D eigenvalue weighted by Gasteiger charge is -2.26. The number of carbonyl (C=O) groups excluding carboxylic acids is 9. The fourth-order valence-electron chi connectivity index (χ4n) is 5.88. The Bertz CT molecular complexity index is 2230. The first-order valence-corrected chi connectivity index (χ1v) is 27.9. The molecule has 1 aliphatic rings. The van der Waals surface area contributed by atoms with Gasteiger partial charge in [-0.25, -0.2) is 9.78 Å². The van der Waals surface area contributed by atoms with Gasteiger partial charge in [-0.15, -0.1) is 0 Å². The van der Waals surface area contributed by atoms with Crippen LogP contribution in [0, 0.1) is 17.8 Å². The monoisotopic (exact) mass is 1140 g/mol. The van der Waals surface area contributed by atoms with E-state index in [1.165, 1.54) is 6.20 Å². The largest absolute Gasteiger partial charge is 0.462 e. The van der Waals surface area contributed by atoms with Crippen LogP contribution in [-0.4, -0.2) is 150 Å². The molecule has 7 amide bonds. The number of carbonyl (C=O) groups is 9. The van der Waals surface area contributed by atoms with Crippen molar-refractivity contribution >= 4 is 53.1 Å². The summed E-state index contributed by atoms with van der Waals surface area (Å²) in [6, 6.07) is 11.2. The van der Waals surface area contributed by atoms with Crippen LogP contribution < -0.4 is 37.6 Å². The van der Waals surface area contributed by atoms with Gasteiger partial charge in [-0.3, -0.25) is 48.2 Å².